The maximum atomic E-state index is 13.4. The van der Waals surface area contributed by atoms with Gasteiger partial charge >= 0.3 is 17.6 Å². The normalized spacial score (nSPS) is 15.5. The molecule has 7 nitrogen and oxygen atoms in total. The summed E-state index contributed by atoms with van der Waals surface area (Å²) >= 11 is 0. The summed E-state index contributed by atoms with van der Waals surface area (Å²) in [5.74, 6) is 0.125. The Labute approximate surface area is 163 Å². The molecule has 0 radical (unpaired) electrons. The van der Waals surface area contributed by atoms with Crippen molar-refractivity contribution in [3.05, 3.63) is 87.7 Å². The number of para-hydroxylation sites is 2. The van der Waals surface area contributed by atoms with Gasteiger partial charge in [0.15, 0.2) is 5.58 Å². The van der Waals surface area contributed by atoms with Gasteiger partial charge in [0.2, 0.25) is 0 Å². The van der Waals surface area contributed by atoms with E-state index in [1.807, 2.05) is 31.2 Å². The van der Waals surface area contributed by atoms with E-state index in [1.165, 1.54) is 18.4 Å². The summed E-state index contributed by atoms with van der Waals surface area (Å²) < 4.78 is 24.3. The van der Waals surface area contributed by atoms with Gasteiger partial charge in [-0.3, -0.25) is 4.99 Å². The molecule has 2 aromatic carbocycles. The smallest absolute Gasteiger partial charge is 0.365 e. The van der Waals surface area contributed by atoms with E-state index >= 15 is 0 Å². The Kier molecular flexibility index (Phi) is 3.90. The van der Waals surface area contributed by atoms with Crippen LogP contribution >= 0.6 is 0 Å². The highest BCUT2D eigenvalue weighted by Crippen LogP contribution is 2.28. The predicted molar refractivity (Wildman–Crippen MR) is 105 cm³/mol. The number of benzene rings is 2. The highest BCUT2D eigenvalue weighted by atomic mass is 19.1. The van der Waals surface area contributed by atoms with Gasteiger partial charge in [-0.05, 0) is 36.8 Å². The number of hydrogen-bond donors (Lipinski definition) is 3. The van der Waals surface area contributed by atoms with Gasteiger partial charge in [0.25, 0.3) is 0 Å². The lowest BCUT2D eigenvalue weighted by Gasteiger charge is -2.21. The van der Waals surface area contributed by atoms with E-state index in [-0.39, 0.29) is 5.82 Å². The molecule has 1 aliphatic heterocycles. The number of rotatable bonds is 2. The van der Waals surface area contributed by atoms with E-state index in [9.17, 15) is 9.18 Å². The van der Waals surface area contributed by atoms with Crippen LogP contribution in [0.2, 0.25) is 0 Å². The Hall–Kier alpha value is -3.94. The zero-order valence-electron chi connectivity index (χ0n) is 15.3. The van der Waals surface area contributed by atoms with E-state index in [0.717, 1.165) is 11.1 Å². The van der Waals surface area contributed by atoms with E-state index < -0.39 is 11.7 Å². The highest BCUT2D eigenvalue weighted by molar-refractivity contribution is 6.01. The first-order chi connectivity index (χ1) is 14.1. The van der Waals surface area contributed by atoms with Crippen molar-refractivity contribution >= 4 is 28.8 Å². The Balaban J connectivity index is 1.59. The fourth-order valence-electron chi connectivity index (χ4n) is 3.39. The maximum absolute atomic E-state index is 13.4. The fourth-order valence-corrected chi connectivity index (χ4v) is 3.39. The van der Waals surface area contributed by atoms with Gasteiger partial charge in [-0.25, -0.2) is 14.5 Å². The highest BCUT2D eigenvalue weighted by Gasteiger charge is 2.33. The Bertz CT molecular complexity index is 1270. The molecule has 4 aromatic rings. The van der Waals surface area contributed by atoms with Gasteiger partial charge in [-0.1, -0.05) is 24.3 Å². The van der Waals surface area contributed by atoms with Gasteiger partial charge in [0.1, 0.15) is 34.9 Å². The molecule has 5 rings (SSSR count). The molecule has 3 heterocycles. The number of anilines is 2. The second-order valence-electron chi connectivity index (χ2n) is 6.74. The summed E-state index contributed by atoms with van der Waals surface area (Å²) in [6.07, 6.45) is 1.40. The van der Waals surface area contributed by atoms with E-state index in [4.69, 9.17) is 8.83 Å². The van der Waals surface area contributed by atoms with Crippen LogP contribution in [0.3, 0.4) is 0 Å². The van der Waals surface area contributed by atoms with Crippen LogP contribution in [0.1, 0.15) is 22.7 Å². The number of hydrogen-bond acceptors (Lipinski definition) is 6. The van der Waals surface area contributed by atoms with E-state index in [2.05, 4.69) is 20.6 Å². The zero-order valence-corrected chi connectivity index (χ0v) is 15.3. The number of fused-ring (bicyclic) bond motifs is 2. The number of guanidine groups is 1. The molecule has 8 heteroatoms. The maximum Gasteiger partial charge on any atom is 0.365 e. The summed E-state index contributed by atoms with van der Waals surface area (Å²) in [5.41, 5.74) is 3.40. The van der Waals surface area contributed by atoms with E-state index in [0.29, 0.717) is 34.4 Å². The minimum Gasteiger partial charge on any atom is -0.431 e. The van der Waals surface area contributed by atoms with Crippen molar-refractivity contribution in [3.63, 3.8) is 0 Å². The lowest BCUT2D eigenvalue weighted by molar-refractivity contribution is -0.499. The first kappa shape index (κ1) is 17.2. The topological polar surface area (TPSA) is 94.3 Å². The Morgan fingerprint density at radius 2 is 1.97 bits per heavy atom. The third-order valence-corrected chi connectivity index (χ3v) is 4.78. The van der Waals surface area contributed by atoms with Crippen molar-refractivity contribution in [2.45, 2.75) is 13.0 Å². The minimum absolute atomic E-state index is 0.295. The molecule has 3 N–H and O–H groups in total. The molecule has 0 amide bonds. The van der Waals surface area contributed by atoms with Crippen molar-refractivity contribution in [1.82, 2.24) is 4.98 Å². The molecule has 0 unspecified atom stereocenters. The van der Waals surface area contributed by atoms with Gasteiger partial charge in [-0.2, -0.15) is 10.3 Å². The standard InChI is InChI=1S/C21H15FN4O3/c1-11-10-28-19(27)16-17(11)24-20(25-18(16)12-6-8-13(22)9-7-12)26-21-23-14-4-2-3-5-15(14)29-21/h2-10,18H,1H3,(H2,23,24,25,26)/p+1/t18-/m1/s1. The molecule has 0 saturated heterocycles. The van der Waals surface area contributed by atoms with Gasteiger partial charge in [0.05, 0.1) is 0 Å². The summed E-state index contributed by atoms with van der Waals surface area (Å²) in [4.78, 5) is 20.1. The predicted octanol–water partition coefficient (Wildman–Crippen LogP) is 2.29. The lowest BCUT2D eigenvalue weighted by atomic mass is 9.97. The molecule has 0 saturated carbocycles. The molecule has 0 spiro atoms. The summed E-state index contributed by atoms with van der Waals surface area (Å²) in [7, 11) is 0. The van der Waals surface area contributed by atoms with Crippen LogP contribution in [0.15, 0.2) is 68.4 Å². The van der Waals surface area contributed by atoms with Crippen molar-refractivity contribution in [2.75, 3.05) is 10.6 Å². The van der Waals surface area contributed by atoms with Crippen LogP contribution in [0.5, 0.6) is 0 Å². The third kappa shape index (κ3) is 3.04. The molecule has 1 atom stereocenters. The van der Waals surface area contributed by atoms with Crippen LogP contribution < -0.4 is 21.3 Å². The van der Waals surface area contributed by atoms with Crippen LogP contribution in [-0.4, -0.2) is 10.9 Å². The first-order valence-electron chi connectivity index (χ1n) is 8.99. The van der Waals surface area contributed by atoms with Crippen molar-refractivity contribution in [3.8, 4) is 0 Å². The van der Waals surface area contributed by atoms with E-state index in [1.54, 1.807) is 12.1 Å². The minimum atomic E-state index is -0.546. The number of nitrogens with one attached hydrogen (secondary N) is 3. The number of aromatic nitrogens is 1. The molecule has 0 aliphatic carbocycles. The fraction of sp³-hybridized carbons (Fsp3) is 0.0952. The Morgan fingerprint density at radius 3 is 2.76 bits per heavy atom. The number of halogens is 1. The zero-order chi connectivity index (χ0) is 20.0. The lowest BCUT2D eigenvalue weighted by Crippen LogP contribution is -2.80. The first-order valence-corrected chi connectivity index (χ1v) is 8.99. The largest absolute Gasteiger partial charge is 0.431 e. The molecular weight excluding hydrogens is 375 g/mol. The third-order valence-electron chi connectivity index (χ3n) is 4.78. The van der Waals surface area contributed by atoms with Gasteiger partial charge in [-0.15, -0.1) is 0 Å². The summed E-state index contributed by atoms with van der Waals surface area (Å²) in [6.45, 7) is 1.83. The van der Waals surface area contributed by atoms with Crippen molar-refractivity contribution in [2.24, 2.45) is 0 Å². The molecule has 0 fully saturated rings. The summed E-state index contributed by atoms with van der Waals surface area (Å²) in [6, 6.07) is 13.1. The second-order valence-corrected chi connectivity index (χ2v) is 6.74. The van der Waals surface area contributed by atoms with Crippen LogP contribution in [0.4, 0.5) is 16.1 Å². The number of oxazole rings is 1. The molecule has 2 aromatic heterocycles. The monoisotopic (exact) mass is 391 g/mol. The van der Waals surface area contributed by atoms with Crippen molar-refractivity contribution < 1.29 is 18.2 Å². The molecule has 29 heavy (non-hydrogen) atoms. The molecule has 0 bridgehead atoms. The summed E-state index contributed by atoms with van der Waals surface area (Å²) in [5, 5.41) is 6.25. The molecular formula is C21H16FN4O3+. The molecule has 144 valence electrons. The molecule has 1 aliphatic rings. The van der Waals surface area contributed by atoms with Crippen LogP contribution in [0, 0.1) is 12.7 Å². The van der Waals surface area contributed by atoms with Crippen LogP contribution in [-0.2, 0) is 0 Å². The average molecular weight is 391 g/mol. The number of aryl methyl sites for hydroxylation is 1. The van der Waals surface area contributed by atoms with Gasteiger partial charge < -0.3 is 8.83 Å². The van der Waals surface area contributed by atoms with Gasteiger partial charge in [0, 0.05) is 5.56 Å². The average Bonchev–Trinajstić information content (AvgIpc) is 3.13. The quantitative estimate of drug-likeness (QED) is 0.485. The SMILES string of the molecule is Cc1coc(=O)c2c1NC(Nc1nc3ccccc3o1)=[NH+][C@@H]2c1ccc(F)cc1. The van der Waals surface area contributed by atoms with Crippen molar-refractivity contribution in [1.29, 1.82) is 0 Å². The number of nitrogens with zero attached hydrogens (tertiary/aromatic N) is 1. The Morgan fingerprint density at radius 1 is 1.17 bits per heavy atom. The van der Waals surface area contributed by atoms with Crippen LogP contribution in [0.25, 0.3) is 11.1 Å². The second kappa shape index (κ2) is 6.59.